The number of rotatable bonds is 7. The van der Waals surface area contributed by atoms with Crippen molar-refractivity contribution in [3.05, 3.63) is 59.4 Å². The first-order valence-corrected chi connectivity index (χ1v) is 9.56. The van der Waals surface area contributed by atoms with Crippen molar-refractivity contribution in [1.82, 2.24) is 10.6 Å². The molecule has 1 unspecified atom stereocenters. The lowest BCUT2D eigenvalue weighted by Gasteiger charge is -2.14. The van der Waals surface area contributed by atoms with Crippen molar-refractivity contribution >= 4 is 21.6 Å². The first kappa shape index (κ1) is 19.9. The van der Waals surface area contributed by atoms with Gasteiger partial charge in [-0.3, -0.25) is 9.52 Å². The summed E-state index contributed by atoms with van der Waals surface area (Å²) in [6.07, 6.45) is 0. The molecule has 0 heterocycles. The van der Waals surface area contributed by atoms with Gasteiger partial charge in [-0.25, -0.2) is 12.8 Å². The van der Waals surface area contributed by atoms with Crippen LogP contribution in [0.25, 0.3) is 0 Å². The fraction of sp³-hybridized carbons (Fsp3) is 0.278. The van der Waals surface area contributed by atoms with Crippen LogP contribution in [0, 0.1) is 12.7 Å². The number of carbonyl (C=O) groups is 1. The van der Waals surface area contributed by atoms with Gasteiger partial charge < -0.3 is 10.6 Å². The van der Waals surface area contributed by atoms with Crippen LogP contribution in [-0.2, 0) is 10.0 Å². The topological polar surface area (TPSA) is 87.3 Å². The lowest BCUT2D eigenvalue weighted by Crippen LogP contribution is -2.37. The molecule has 1 amide bonds. The first-order chi connectivity index (χ1) is 12.2. The molecule has 0 spiro atoms. The van der Waals surface area contributed by atoms with E-state index in [9.17, 15) is 17.6 Å². The van der Waals surface area contributed by atoms with Crippen molar-refractivity contribution in [3.8, 4) is 0 Å². The number of halogens is 1. The van der Waals surface area contributed by atoms with Crippen LogP contribution >= 0.6 is 0 Å². The van der Waals surface area contributed by atoms with Gasteiger partial charge in [-0.05, 0) is 62.9 Å². The third kappa shape index (κ3) is 5.03. The monoisotopic (exact) mass is 379 g/mol. The Kier molecular flexibility index (Phi) is 6.33. The number of carbonyl (C=O) groups excluding carboxylic acids is 1. The molecule has 0 fully saturated rings. The average Bonchev–Trinajstić information content (AvgIpc) is 2.61. The number of aryl methyl sites for hydroxylation is 1. The number of benzene rings is 2. The van der Waals surface area contributed by atoms with Crippen molar-refractivity contribution < 1.29 is 17.6 Å². The highest BCUT2D eigenvalue weighted by atomic mass is 32.2. The number of nitrogens with one attached hydrogen (secondary N) is 3. The molecular weight excluding hydrogens is 357 g/mol. The van der Waals surface area contributed by atoms with E-state index in [1.807, 2.05) is 6.92 Å². The van der Waals surface area contributed by atoms with E-state index in [0.717, 1.165) is 12.1 Å². The Morgan fingerprint density at radius 2 is 1.81 bits per heavy atom. The Morgan fingerprint density at radius 3 is 2.42 bits per heavy atom. The maximum Gasteiger partial charge on any atom is 0.262 e. The minimum Gasteiger partial charge on any atom is -0.350 e. The second kappa shape index (κ2) is 8.29. The molecule has 0 aromatic heterocycles. The van der Waals surface area contributed by atoms with Crippen LogP contribution in [0.3, 0.4) is 0 Å². The Labute approximate surface area is 152 Å². The van der Waals surface area contributed by atoms with Crippen molar-refractivity contribution in [3.63, 3.8) is 0 Å². The van der Waals surface area contributed by atoms with E-state index in [1.54, 1.807) is 26.1 Å². The second-order valence-corrected chi connectivity index (χ2v) is 7.64. The maximum absolute atomic E-state index is 13.0. The van der Waals surface area contributed by atoms with Crippen molar-refractivity contribution in [1.29, 1.82) is 0 Å². The van der Waals surface area contributed by atoms with Gasteiger partial charge in [0.15, 0.2) is 0 Å². The largest absolute Gasteiger partial charge is 0.350 e. The summed E-state index contributed by atoms with van der Waals surface area (Å²) in [4.78, 5) is 12.3. The van der Waals surface area contributed by atoms with Gasteiger partial charge in [0.1, 0.15) is 5.82 Å². The van der Waals surface area contributed by atoms with Gasteiger partial charge in [0.25, 0.3) is 15.9 Å². The fourth-order valence-corrected chi connectivity index (χ4v) is 3.54. The highest BCUT2D eigenvalue weighted by molar-refractivity contribution is 7.92. The number of hydrogen-bond donors (Lipinski definition) is 3. The number of amides is 1. The summed E-state index contributed by atoms with van der Waals surface area (Å²) in [7, 11) is -2.13. The van der Waals surface area contributed by atoms with Gasteiger partial charge in [0.2, 0.25) is 0 Å². The third-order valence-electron chi connectivity index (χ3n) is 3.90. The van der Waals surface area contributed by atoms with Crippen LogP contribution < -0.4 is 15.4 Å². The molecule has 2 rings (SSSR count). The first-order valence-electron chi connectivity index (χ1n) is 8.07. The molecule has 2 aromatic carbocycles. The zero-order valence-electron chi connectivity index (χ0n) is 14.8. The summed E-state index contributed by atoms with van der Waals surface area (Å²) < 4.78 is 40.7. The molecule has 6 nitrogen and oxygen atoms in total. The molecule has 0 saturated heterocycles. The predicted octanol–water partition coefficient (Wildman–Crippen LogP) is 2.27. The molecule has 1 atom stereocenters. The lowest BCUT2D eigenvalue weighted by atomic mass is 10.1. The van der Waals surface area contributed by atoms with Crippen LogP contribution in [0.5, 0.6) is 0 Å². The molecular formula is C18H22FN3O3S. The molecule has 3 N–H and O–H groups in total. The highest BCUT2D eigenvalue weighted by Crippen LogP contribution is 2.21. The highest BCUT2D eigenvalue weighted by Gasteiger charge is 2.19. The summed E-state index contributed by atoms with van der Waals surface area (Å²) in [6.45, 7) is 3.97. The van der Waals surface area contributed by atoms with Gasteiger partial charge in [0, 0.05) is 23.8 Å². The van der Waals surface area contributed by atoms with Crippen LogP contribution in [0.2, 0.25) is 0 Å². The molecule has 0 bridgehead atoms. The smallest absolute Gasteiger partial charge is 0.262 e. The lowest BCUT2D eigenvalue weighted by molar-refractivity contribution is 0.0950. The Balaban J connectivity index is 2.25. The Morgan fingerprint density at radius 1 is 1.15 bits per heavy atom. The molecule has 0 aliphatic carbocycles. The van der Waals surface area contributed by atoms with Gasteiger partial charge in [-0.15, -0.1) is 0 Å². The molecule has 0 aliphatic rings. The molecule has 140 valence electrons. The van der Waals surface area contributed by atoms with E-state index >= 15 is 0 Å². The van der Waals surface area contributed by atoms with E-state index in [-0.39, 0.29) is 28.1 Å². The number of anilines is 1. The van der Waals surface area contributed by atoms with Crippen molar-refractivity contribution in [2.24, 2.45) is 0 Å². The second-order valence-electron chi connectivity index (χ2n) is 5.99. The summed E-state index contributed by atoms with van der Waals surface area (Å²) in [5.41, 5.74) is 0.988. The van der Waals surface area contributed by atoms with Crippen LogP contribution in [-0.4, -0.2) is 34.0 Å². The fourth-order valence-electron chi connectivity index (χ4n) is 2.21. The summed E-state index contributed by atoms with van der Waals surface area (Å²) in [5.74, 6) is -0.816. The number of sulfonamides is 1. The van der Waals surface area contributed by atoms with Crippen LogP contribution in [0.1, 0.15) is 22.8 Å². The molecule has 0 saturated carbocycles. The van der Waals surface area contributed by atoms with Crippen LogP contribution in [0.15, 0.2) is 47.4 Å². The van der Waals surface area contributed by atoms with E-state index in [0.29, 0.717) is 12.1 Å². The minimum absolute atomic E-state index is 0.00357. The maximum atomic E-state index is 13.0. The summed E-state index contributed by atoms with van der Waals surface area (Å²) in [5, 5.41) is 5.75. The van der Waals surface area contributed by atoms with Crippen molar-refractivity contribution in [2.75, 3.05) is 18.3 Å². The Hall–Kier alpha value is -2.45. The predicted molar refractivity (Wildman–Crippen MR) is 99.2 cm³/mol. The number of likely N-dealkylation sites (N-methyl/N-ethyl adjacent to an activating group) is 1. The molecule has 0 aliphatic heterocycles. The van der Waals surface area contributed by atoms with Gasteiger partial charge in [-0.1, -0.05) is 6.07 Å². The van der Waals surface area contributed by atoms with E-state index in [1.165, 1.54) is 18.2 Å². The summed E-state index contributed by atoms with van der Waals surface area (Å²) in [6, 6.07) is 9.57. The van der Waals surface area contributed by atoms with Crippen molar-refractivity contribution in [2.45, 2.75) is 24.8 Å². The molecule has 8 heteroatoms. The third-order valence-corrected chi connectivity index (χ3v) is 5.42. The SMILES string of the molecule is CNC(C)CNC(=O)c1ccc(C)c(S(=O)(=O)Nc2ccc(F)cc2)c1. The minimum atomic E-state index is -3.91. The van der Waals surface area contributed by atoms with Crippen LogP contribution in [0.4, 0.5) is 10.1 Å². The quantitative estimate of drug-likeness (QED) is 0.689. The van der Waals surface area contributed by atoms with E-state index in [4.69, 9.17) is 0 Å². The zero-order valence-corrected chi connectivity index (χ0v) is 15.7. The summed E-state index contributed by atoms with van der Waals surface area (Å²) >= 11 is 0. The van der Waals surface area contributed by atoms with Gasteiger partial charge in [-0.2, -0.15) is 0 Å². The van der Waals surface area contributed by atoms with Gasteiger partial charge in [0.05, 0.1) is 4.90 Å². The molecule has 2 aromatic rings. The zero-order chi connectivity index (χ0) is 19.3. The Bertz CT molecular complexity index is 883. The molecule has 26 heavy (non-hydrogen) atoms. The standard InChI is InChI=1S/C18H22FN3O3S/c1-12-4-5-14(18(23)21-11-13(2)20-3)10-17(12)26(24,25)22-16-8-6-15(19)7-9-16/h4-10,13,20,22H,11H2,1-3H3,(H,21,23). The normalized spacial score (nSPS) is 12.5. The average molecular weight is 379 g/mol. The van der Waals surface area contributed by atoms with E-state index < -0.39 is 15.8 Å². The van der Waals surface area contributed by atoms with Gasteiger partial charge >= 0.3 is 0 Å². The number of hydrogen-bond acceptors (Lipinski definition) is 4. The molecule has 0 radical (unpaired) electrons. The van der Waals surface area contributed by atoms with E-state index in [2.05, 4.69) is 15.4 Å².